The van der Waals surface area contributed by atoms with Crippen LogP contribution >= 0.6 is 0 Å². The van der Waals surface area contributed by atoms with Crippen molar-refractivity contribution < 1.29 is 74.2 Å². The molecule has 103 heavy (non-hydrogen) atoms. The van der Waals surface area contributed by atoms with E-state index in [4.69, 9.17) is 9.47 Å². The predicted molar refractivity (Wildman–Crippen MR) is 371 cm³/mol. The summed E-state index contributed by atoms with van der Waals surface area (Å²) < 4.78 is 104. The Morgan fingerprint density at radius 3 is 0.951 bits per heavy atom. The molecule has 16 rings (SSSR count). The molecule has 0 aromatic heterocycles. The molecule has 0 saturated carbocycles. The molecule has 4 aliphatic heterocycles. The number of carbonyl (C=O) groups is 8. The first kappa shape index (κ1) is 64.1. The minimum absolute atomic E-state index is 0.0120. The summed E-state index contributed by atoms with van der Waals surface area (Å²) in [6.45, 7) is 0. The Kier molecular flexibility index (Phi) is 15.2. The number of nitrogens with zero attached hydrogens (tertiary/aromatic N) is 4. The third-order valence-electron chi connectivity index (χ3n) is 18.8. The third-order valence-corrected chi connectivity index (χ3v) is 18.8. The van der Waals surface area contributed by atoms with Crippen LogP contribution < -0.4 is 29.1 Å². The quantitative estimate of drug-likeness (QED) is 0.0755. The largest absolute Gasteiger partial charge is 0.457 e. The fourth-order valence-corrected chi connectivity index (χ4v) is 14.0. The number of hydrogen-bond donors (Lipinski definition) is 0. The number of fused-ring (bicyclic) bond motifs is 4. The van der Waals surface area contributed by atoms with Gasteiger partial charge < -0.3 is 9.47 Å². The van der Waals surface area contributed by atoms with Crippen molar-refractivity contribution in [3.63, 3.8) is 0 Å². The average Bonchev–Trinajstić information content (AvgIpc) is 1.47. The number of amides is 8. The van der Waals surface area contributed by atoms with Crippen LogP contribution in [-0.4, -0.2) is 59.6 Å². The highest BCUT2D eigenvalue weighted by Crippen LogP contribution is 2.57. The molecule has 12 aromatic carbocycles. The number of anilines is 4. The van der Waals surface area contributed by atoms with E-state index < -0.39 is 76.2 Å². The van der Waals surface area contributed by atoms with Gasteiger partial charge in [0.1, 0.15) is 23.0 Å². The monoisotopic (exact) mass is 1370 g/mol. The zero-order valence-electron chi connectivity index (χ0n) is 53.2. The van der Waals surface area contributed by atoms with Crippen LogP contribution in [0.2, 0.25) is 0 Å². The van der Waals surface area contributed by atoms with Crippen LogP contribution in [0.15, 0.2) is 279 Å². The average molecular weight is 1370 g/mol. The van der Waals surface area contributed by atoms with E-state index >= 15 is 26.3 Å². The highest BCUT2D eigenvalue weighted by molar-refractivity contribution is 6.39. The van der Waals surface area contributed by atoms with Gasteiger partial charge in [0.25, 0.3) is 47.3 Å². The van der Waals surface area contributed by atoms with Gasteiger partial charge >= 0.3 is 12.4 Å². The van der Waals surface area contributed by atoms with Gasteiger partial charge in [0.2, 0.25) is 5.41 Å². The number of halogens is 6. The molecular weight excluding hydrogens is 1330 g/mol. The van der Waals surface area contributed by atoms with E-state index in [1.165, 1.54) is 78.9 Å². The Morgan fingerprint density at radius 2 is 0.534 bits per heavy atom. The van der Waals surface area contributed by atoms with Gasteiger partial charge in [-0.25, -0.2) is 19.6 Å². The number of alkyl halides is 6. The molecule has 500 valence electrons. The number of rotatable bonds is 14. The number of benzene rings is 12. The minimum atomic E-state index is -5.96. The first-order valence-corrected chi connectivity index (χ1v) is 32.0. The molecule has 20 heteroatoms. The zero-order valence-corrected chi connectivity index (χ0v) is 53.2. The van der Waals surface area contributed by atoms with E-state index in [1.807, 2.05) is 72.8 Å². The summed E-state index contributed by atoms with van der Waals surface area (Å²) >= 11 is 0. The van der Waals surface area contributed by atoms with Crippen molar-refractivity contribution in [2.45, 2.75) is 17.8 Å². The van der Waals surface area contributed by atoms with Crippen molar-refractivity contribution in [3.8, 4) is 67.5 Å². The molecule has 12 aromatic rings. The van der Waals surface area contributed by atoms with Crippen LogP contribution in [0.5, 0.6) is 23.0 Å². The van der Waals surface area contributed by atoms with E-state index in [0.29, 0.717) is 69.0 Å². The van der Waals surface area contributed by atoms with Crippen LogP contribution in [0.4, 0.5) is 49.1 Å². The highest BCUT2D eigenvalue weighted by atomic mass is 19.4. The molecule has 0 atom stereocenters. The Bertz CT molecular complexity index is 5600. The Hall–Kier alpha value is -13.6. The van der Waals surface area contributed by atoms with Crippen LogP contribution in [0, 0.1) is 0 Å². The van der Waals surface area contributed by atoms with Gasteiger partial charge in [-0.05, 0) is 166 Å². The second kappa shape index (κ2) is 24.4. The predicted octanol–water partition coefficient (Wildman–Crippen LogP) is 18.6. The van der Waals surface area contributed by atoms with Gasteiger partial charge in [0, 0.05) is 11.1 Å². The number of carbonyl (C=O) groups excluding carboxylic acids is 8. The zero-order chi connectivity index (χ0) is 71.4. The van der Waals surface area contributed by atoms with Gasteiger partial charge in [0.15, 0.2) is 0 Å². The van der Waals surface area contributed by atoms with Crippen LogP contribution in [0.25, 0.3) is 44.5 Å². The smallest absolute Gasteiger partial charge is 0.411 e. The lowest BCUT2D eigenvalue weighted by Gasteiger charge is -2.38. The van der Waals surface area contributed by atoms with E-state index in [1.54, 1.807) is 78.9 Å². The lowest BCUT2D eigenvalue weighted by atomic mass is 9.73. The van der Waals surface area contributed by atoms with Crippen LogP contribution in [0.1, 0.15) is 94.0 Å². The first-order valence-electron chi connectivity index (χ1n) is 32.0. The molecule has 0 unspecified atom stereocenters. The second-order valence-electron chi connectivity index (χ2n) is 24.5. The summed E-state index contributed by atoms with van der Waals surface area (Å²) in [5, 5.41) is 0. The van der Waals surface area contributed by atoms with Crippen molar-refractivity contribution in [2.75, 3.05) is 19.6 Å². The molecule has 8 amide bonds. The van der Waals surface area contributed by atoms with Crippen molar-refractivity contribution >= 4 is 70.0 Å². The third kappa shape index (κ3) is 10.4. The van der Waals surface area contributed by atoms with Gasteiger partial charge in [-0.3, -0.25) is 38.4 Å². The molecule has 4 aliphatic rings. The summed E-state index contributed by atoms with van der Waals surface area (Å²) in [5.41, 5.74) is -0.976. The molecule has 0 spiro atoms. The lowest BCUT2D eigenvalue weighted by Crippen LogP contribution is -2.54. The number of ether oxygens (including phenoxy) is 2. The molecule has 0 bridgehead atoms. The maximum Gasteiger partial charge on any atom is 0.411 e. The fourth-order valence-electron chi connectivity index (χ4n) is 14.0. The Balaban J connectivity index is 0.589. The molecule has 0 N–H and O–H groups in total. The van der Waals surface area contributed by atoms with Crippen LogP contribution in [0.3, 0.4) is 0 Å². The van der Waals surface area contributed by atoms with Gasteiger partial charge in [-0.15, -0.1) is 0 Å². The van der Waals surface area contributed by atoms with Crippen molar-refractivity contribution in [1.82, 2.24) is 0 Å². The van der Waals surface area contributed by atoms with Gasteiger partial charge in [-0.2, -0.15) is 26.3 Å². The molecule has 0 saturated heterocycles. The van der Waals surface area contributed by atoms with E-state index in [9.17, 15) is 38.4 Å². The van der Waals surface area contributed by atoms with Crippen molar-refractivity contribution in [2.24, 2.45) is 0 Å². The standard InChI is InChI=1S/C83H46F6N4O10/c84-82(85,86)81(83(87,88)89,51-27-35-55(36-28-51)102-57-39-31-53(32-40-57)90-73(94)63-43-25-49(45-67(63)77(90)98)62-20-12-22-66-72(62)80(101)93(76(66)97)70-24-10-8-18-60(70)48-15-5-2-6-16-48)52-29-37-56(38-30-52)103-58-41-33-54(34-42-58)91-75(96)65-21-11-19-61(71(65)79(91)100)50-26-44-64-68(46-50)78(99)92(74(64)95)69-23-9-7-17-59(69)47-13-3-1-4-14-47/h1-46H. The topological polar surface area (TPSA) is 168 Å². The summed E-state index contributed by atoms with van der Waals surface area (Å²) in [6.07, 6.45) is -11.9. The SMILES string of the molecule is O=C1c2ccc(-c3cccc4c3C(=O)N(c3ccccc3-c3ccccc3)C4=O)cc2C(=O)N1c1ccc(Oc2ccc(C(c3ccc(Oc4ccc(N5C(=O)c6cccc(-c7ccc8c(c7)C(=O)N(c7ccccc7-c7ccccc7)C8=O)c6C5=O)cc4)cc3)(C(F)(F)F)C(F)(F)F)cc2)cc1. The maximum absolute atomic E-state index is 15.4. The maximum atomic E-state index is 15.4. The Morgan fingerprint density at radius 1 is 0.233 bits per heavy atom. The number of para-hydroxylation sites is 2. The van der Waals surface area contributed by atoms with E-state index in [-0.39, 0.29) is 78.9 Å². The van der Waals surface area contributed by atoms with Crippen molar-refractivity contribution in [3.05, 3.63) is 335 Å². The second-order valence-corrected chi connectivity index (χ2v) is 24.5. The van der Waals surface area contributed by atoms with Gasteiger partial charge in [-0.1, -0.05) is 158 Å². The van der Waals surface area contributed by atoms with Crippen molar-refractivity contribution in [1.29, 1.82) is 0 Å². The first-order chi connectivity index (χ1) is 49.7. The summed E-state index contributed by atoms with van der Waals surface area (Å²) in [4.78, 5) is 117. The molecule has 4 heterocycles. The Labute approximate surface area is 581 Å². The fraction of sp³-hybridized carbons (Fsp3) is 0.0361. The molecule has 0 radical (unpaired) electrons. The lowest BCUT2D eigenvalue weighted by molar-refractivity contribution is -0.288. The molecule has 0 aliphatic carbocycles. The summed E-state index contributed by atoms with van der Waals surface area (Å²) in [5.74, 6) is -5.25. The van der Waals surface area contributed by atoms with E-state index in [0.717, 1.165) is 55.0 Å². The minimum Gasteiger partial charge on any atom is -0.457 e. The van der Waals surface area contributed by atoms with E-state index in [2.05, 4.69) is 0 Å². The van der Waals surface area contributed by atoms with Crippen LogP contribution in [-0.2, 0) is 5.41 Å². The summed E-state index contributed by atoms with van der Waals surface area (Å²) in [6, 6.07) is 68.4. The summed E-state index contributed by atoms with van der Waals surface area (Å²) in [7, 11) is 0. The number of imide groups is 4. The van der Waals surface area contributed by atoms with Gasteiger partial charge in [0.05, 0.1) is 67.3 Å². The highest BCUT2D eigenvalue weighted by Gasteiger charge is 2.72. The number of hydrogen-bond acceptors (Lipinski definition) is 10. The normalized spacial score (nSPS) is 14.2. The molecule has 0 fully saturated rings. The molecule has 14 nitrogen and oxygen atoms in total. The molecular formula is C83H46F6N4O10.